The van der Waals surface area contributed by atoms with Gasteiger partial charge in [0, 0.05) is 18.2 Å². The molecule has 0 fully saturated rings. The first-order valence-electron chi connectivity index (χ1n) is 3.60. The van der Waals surface area contributed by atoms with Crippen LogP contribution in [0.25, 0.3) is 0 Å². The van der Waals surface area contributed by atoms with Crippen LogP contribution < -0.4 is 0 Å². The predicted octanol–water partition coefficient (Wildman–Crippen LogP) is 1.32. The molecule has 0 rings (SSSR count). The second-order valence-electron chi connectivity index (χ2n) is 2.46. The number of carbonyl (C=O) groups is 2. The van der Waals surface area contributed by atoms with E-state index in [9.17, 15) is 9.59 Å². The lowest BCUT2D eigenvalue weighted by Crippen LogP contribution is -2.06. The minimum absolute atomic E-state index is 0.00616. The van der Waals surface area contributed by atoms with E-state index < -0.39 is 11.9 Å². The average molecular weight is 195 g/mol. The Labute approximate surface area is 75.1 Å². The summed E-state index contributed by atoms with van der Waals surface area (Å²) in [7, 11) is 0. The fraction of sp³-hybridized carbons (Fsp3) is 0.714. The van der Waals surface area contributed by atoms with Crippen molar-refractivity contribution in [3.05, 3.63) is 0 Å². The van der Waals surface area contributed by atoms with Crippen molar-refractivity contribution < 1.29 is 19.8 Å². The van der Waals surface area contributed by atoms with Gasteiger partial charge < -0.3 is 10.2 Å². The fourth-order valence-electron chi connectivity index (χ4n) is 0.705. The van der Waals surface area contributed by atoms with Crippen molar-refractivity contribution in [2.45, 2.75) is 31.1 Å². The highest BCUT2D eigenvalue weighted by Crippen LogP contribution is 2.11. The lowest BCUT2D eigenvalue weighted by Gasteiger charge is -2.04. The quantitative estimate of drug-likeness (QED) is 0.626. The van der Waals surface area contributed by atoms with Gasteiger partial charge in [0.25, 0.3) is 0 Å². The summed E-state index contributed by atoms with van der Waals surface area (Å²) < 4.78 is 0. The van der Waals surface area contributed by atoms with Crippen molar-refractivity contribution in [3.8, 4) is 0 Å². The maximum absolute atomic E-state index is 10.1. The largest absolute Gasteiger partial charge is 0.481 e. The summed E-state index contributed by atoms with van der Waals surface area (Å²) in [4.78, 5) is 20.1. The van der Waals surface area contributed by atoms with E-state index in [0.717, 1.165) is 0 Å². The molecule has 5 heteroatoms. The Morgan fingerprint density at radius 1 is 1.08 bits per heavy atom. The third-order valence-electron chi connectivity index (χ3n) is 1.34. The van der Waals surface area contributed by atoms with Crippen LogP contribution in [0.1, 0.15) is 25.7 Å². The molecule has 0 aromatic heterocycles. The maximum atomic E-state index is 10.1. The standard InChI is InChI=1S/C7H11ClO4/c8-5(1-3-6(9)10)2-4-7(11)12/h5H,1-4H2,(H,9,10)(H,11,12). The number of carboxylic acids is 2. The molecule has 0 atom stereocenters. The van der Waals surface area contributed by atoms with Gasteiger partial charge in [-0.1, -0.05) is 0 Å². The first kappa shape index (κ1) is 11.2. The Kier molecular flexibility index (Phi) is 5.45. The molecule has 2 N–H and O–H groups in total. The van der Waals surface area contributed by atoms with Crippen LogP contribution in [0.5, 0.6) is 0 Å². The Balaban J connectivity index is 3.39. The van der Waals surface area contributed by atoms with E-state index in [1.165, 1.54) is 0 Å². The number of aliphatic carboxylic acids is 2. The molecule has 0 aromatic carbocycles. The summed E-state index contributed by atoms with van der Waals surface area (Å²) in [5.41, 5.74) is 0. The Morgan fingerprint density at radius 3 is 1.67 bits per heavy atom. The van der Waals surface area contributed by atoms with Gasteiger partial charge in [0.2, 0.25) is 0 Å². The molecule has 0 radical (unpaired) electrons. The monoisotopic (exact) mass is 194 g/mol. The normalized spacial score (nSPS) is 10.2. The first-order valence-corrected chi connectivity index (χ1v) is 4.03. The minimum Gasteiger partial charge on any atom is -0.481 e. The van der Waals surface area contributed by atoms with E-state index in [4.69, 9.17) is 21.8 Å². The van der Waals surface area contributed by atoms with Gasteiger partial charge in [-0.25, -0.2) is 0 Å². The Hall–Kier alpha value is -0.770. The molecule has 0 aliphatic rings. The zero-order valence-corrected chi connectivity index (χ0v) is 7.25. The van der Waals surface area contributed by atoms with Gasteiger partial charge in [-0.15, -0.1) is 11.6 Å². The molecule has 4 nitrogen and oxygen atoms in total. The van der Waals surface area contributed by atoms with Crippen LogP contribution in [-0.4, -0.2) is 27.5 Å². The maximum Gasteiger partial charge on any atom is 0.303 e. The summed E-state index contributed by atoms with van der Waals surface area (Å²) in [5.74, 6) is -1.81. The van der Waals surface area contributed by atoms with Crippen molar-refractivity contribution in [1.29, 1.82) is 0 Å². The molecule has 0 bridgehead atoms. The Bertz CT molecular complexity index is 151. The summed E-state index contributed by atoms with van der Waals surface area (Å²) >= 11 is 5.64. The van der Waals surface area contributed by atoms with Crippen LogP contribution >= 0.6 is 11.6 Å². The van der Waals surface area contributed by atoms with Crippen molar-refractivity contribution in [1.82, 2.24) is 0 Å². The number of hydrogen-bond donors (Lipinski definition) is 2. The summed E-state index contributed by atoms with van der Waals surface area (Å²) in [5, 5.41) is 16.2. The molecular weight excluding hydrogens is 184 g/mol. The number of carboxylic acid groups (broad SMARTS) is 2. The number of hydrogen-bond acceptors (Lipinski definition) is 2. The molecule has 0 spiro atoms. The van der Waals surface area contributed by atoms with Gasteiger partial charge in [-0.3, -0.25) is 9.59 Å². The van der Waals surface area contributed by atoms with E-state index in [1.54, 1.807) is 0 Å². The van der Waals surface area contributed by atoms with Crippen LogP contribution in [0.4, 0.5) is 0 Å². The van der Waals surface area contributed by atoms with Crippen molar-refractivity contribution in [3.63, 3.8) is 0 Å². The van der Waals surface area contributed by atoms with Crippen LogP contribution in [0, 0.1) is 0 Å². The van der Waals surface area contributed by atoms with E-state index >= 15 is 0 Å². The van der Waals surface area contributed by atoms with Crippen molar-refractivity contribution in [2.75, 3.05) is 0 Å². The van der Waals surface area contributed by atoms with E-state index in [1.807, 2.05) is 0 Å². The van der Waals surface area contributed by atoms with Crippen LogP contribution in [-0.2, 0) is 9.59 Å². The van der Waals surface area contributed by atoms with Crippen LogP contribution in [0.2, 0.25) is 0 Å². The molecule has 0 heterocycles. The highest BCUT2D eigenvalue weighted by atomic mass is 35.5. The molecule has 0 unspecified atom stereocenters. The van der Waals surface area contributed by atoms with Gasteiger partial charge >= 0.3 is 11.9 Å². The summed E-state index contributed by atoms with van der Waals surface area (Å²) in [6, 6.07) is 0. The van der Waals surface area contributed by atoms with Crippen molar-refractivity contribution >= 4 is 23.5 Å². The summed E-state index contributed by atoms with van der Waals surface area (Å²) in [6.07, 6.45) is 0.635. The third-order valence-corrected chi connectivity index (χ3v) is 1.78. The highest BCUT2D eigenvalue weighted by Gasteiger charge is 2.09. The van der Waals surface area contributed by atoms with Gasteiger partial charge in [0.05, 0.1) is 0 Å². The molecule has 0 saturated carbocycles. The van der Waals surface area contributed by atoms with Gasteiger partial charge in [0.1, 0.15) is 0 Å². The number of rotatable bonds is 6. The first-order chi connectivity index (χ1) is 5.52. The van der Waals surface area contributed by atoms with E-state index in [0.29, 0.717) is 12.8 Å². The number of alkyl halides is 1. The molecule has 0 aromatic rings. The molecule has 0 aliphatic carbocycles. The highest BCUT2D eigenvalue weighted by molar-refractivity contribution is 6.20. The molecule has 70 valence electrons. The second-order valence-corrected chi connectivity index (χ2v) is 3.08. The van der Waals surface area contributed by atoms with Gasteiger partial charge in [0.15, 0.2) is 0 Å². The van der Waals surface area contributed by atoms with E-state index in [2.05, 4.69) is 0 Å². The zero-order valence-electron chi connectivity index (χ0n) is 6.49. The van der Waals surface area contributed by atoms with Gasteiger partial charge in [-0.2, -0.15) is 0 Å². The van der Waals surface area contributed by atoms with E-state index in [-0.39, 0.29) is 18.2 Å². The Morgan fingerprint density at radius 2 is 1.42 bits per heavy atom. The molecule has 12 heavy (non-hydrogen) atoms. The minimum atomic E-state index is -0.907. The number of halogens is 1. The molecule has 0 amide bonds. The lowest BCUT2D eigenvalue weighted by atomic mass is 10.1. The second kappa shape index (κ2) is 5.83. The van der Waals surface area contributed by atoms with Crippen LogP contribution in [0.15, 0.2) is 0 Å². The molecular formula is C7H11ClO4. The summed E-state index contributed by atoms with van der Waals surface area (Å²) in [6.45, 7) is 0. The molecule has 0 saturated heterocycles. The smallest absolute Gasteiger partial charge is 0.303 e. The van der Waals surface area contributed by atoms with Gasteiger partial charge in [-0.05, 0) is 12.8 Å². The average Bonchev–Trinajstić information content (AvgIpc) is 1.96. The topological polar surface area (TPSA) is 74.6 Å². The van der Waals surface area contributed by atoms with Crippen molar-refractivity contribution in [2.24, 2.45) is 0 Å². The third kappa shape index (κ3) is 7.34. The molecule has 0 aliphatic heterocycles. The predicted molar refractivity (Wildman–Crippen MR) is 43.4 cm³/mol. The van der Waals surface area contributed by atoms with Crippen LogP contribution in [0.3, 0.4) is 0 Å². The SMILES string of the molecule is O=C(O)CCC(Cl)CCC(=O)O. The zero-order chi connectivity index (χ0) is 9.56. The lowest BCUT2D eigenvalue weighted by molar-refractivity contribution is -0.137. The fourth-order valence-corrected chi connectivity index (χ4v) is 0.923.